The van der Waals surface area contributed by atoms with Crippen LogP contribution in [0.15, 0.2) is 18.2 Å². The van der Waals surface area contributed by atoms with Crippen LogP contribution >= 0.6 is 0 Å². The van der Waals surface area contributed by atoms with E-state index < -0.39 is 6.10 Å². The predicted octanol–water partition coefficient (Wildman–Crippen LogP) is 2.35. The van der Waals surface area contributed by atoms with Crippen molar-refractivity contribution in [3.63, 3.8) is 0 Å². The first-order chi connectivity index (χ1) is 8.31. The van der Waals surface area contributed by atoms with Crippen molar-refractivity contribution in [2.24, 2.45) is 5.41 Å². The summed E-state index contributed by atoms with van der Waals surface area (Å²) in [4.78, 5) is 0. The van der Waals surface area contributed by atoms with E-state index in [1.165, 1.54) is 0 Å². The summed E-state index contributed by atoms with van der Waals surface area (Å²) in [6.07, 6.45) is 0.271. The van der Waals surface area contributed by atoms with Crippen LogP contribution in [0.1, 0.15) is 32.8 Å². The van der Waals surface area contributed by atoms with Crippen LogP contribution in [0.25, 0.3) is 0 Å². The summed E-state index contributed by atoms with van der Waals surface area (Å²) in [5.74, 6) is 0. The average molecular weight is 247 g/mol. The lowest BCUT2D eigenvalue weighted by molar-refractivity contribution is 0.132. The molecule has 1 unspecified atom stereocenters. The van der Waals surface area contributed by atoms with Crippen molar-refractivity contribution >= 4 is 11.4 Å². The Balaban J connectivity index is 2.61. The third-order valence-electron chi connectivity index (χ3n) is 2.56. The van der Waals surface area contributed by atoms with Crippen LogP contribution < -0.4 is 11.1 Å². The van der Waals surface area contributed by atoms with Gasteiger partial charge in [0.1, 0.15) is 0 Å². The molecule has 0 aliphatic rings. The minimum atomic E-state index is -0.435. The van der Waals surface area contributed by atoms with Crippen LogP contribution in [-0.2, 0) is 0 Å². The van der Waals surface area contributed by atoms with Crippen molar-refractivity contribution < 1.29 is 5.11 Å². The molecule has 4 heteroatoms. The van der Waals surface area contributed by atoms with Crippen LogP contribution in [0, 0.1) is 16.7 Å². The number of anilines is 2. The molecule has 0 radical (unpaired) electrons. The normalized spacial score (nSPS) is 12.8. The summed E-state index contributed by atoms with van der Waals surface area (Å²) < 4.78 is 0. The Morgan fingerprint density at radius 3 is 2.67 bits per heavy atom. The number of aliphatic hydroxyl groups is 1. The van der Waals surface area contributed by atoms with Gasteiger partial charge in [-0.2, -0.15) is 5.26 Å². The highest BCUT2D eigenvalue weighted by Gasteiger charge is 2.16. The predicted molar refractivity (Wildman–Crippen MR) is 74.1 cm³/mol. The molecule has 0 fully saturated rings. The molecule has 0 aliphatic heterocycles. The molecule has 4 N–H and O–H groups in total. The second-order valence-electron chi connectivity index (χ2n) is 5.71. The average Bonchev–Trinajstić information content (AvgIpc) is 2.25. The first-order valence-electron chi connectivity index (χ1n) is 6.03. The van der Waals surface area contributed by atoms with E-state index >= 15 is 0 Å². The molecule has 1 aromatic rings. The quantitative estimate of drug-likeness (QED) is 0.713. The Hall–Kier alpha value is -1.73. The van der Waals surface area contributed by atoms with Crippen molar-refractivity contribution in [1.82, 2.24) is 0 Å². The molecule has 1 atom stereocenters. The fourth-order valence-corrected chi connectivity index (χ4v) is 1.79. The fraction of sp³-hybridized carbons (Fsp3) is 0.500. The Kier molecular flexibility index (Phi) is 4.57. The van der Waals surface area contributed by atoms with Gasteiger partial charge in [0, 0.05) is 6.54 Å². The van der Waals surface area contributed by atoms with Crippen LogP contribution in [-0.4, -0.2) is 17.8 Å². The number of nitrogens with zero attached hydrogens (tertiary/aromatic N) is 1. The zero-order valence-corrected chi connectivity index (χ0v) is 11.2. The maximum atomic E-state index is 9.90. The molecule has 0 aromatic heterocycles. The molecule has 0 heterocycles. The lowest BCUT2D eigenvalue weighted by atomic mass is 9.89. The van der Waals surface area contributed by atoms with E-state index in [0.717, 1.165) is 0 Å². The van der Waals surface area contributed by atoms with Crippen LogP contribution in [0.2, 0.25) is 0 Å². The maximum absolute atomic E-state index is 9.90. The molecule has 0 saturated carbocycles. The number of rotatable bonds is 4. The largest absolute Gasteiger partial charge is 0.397 e. The first kappa shape index (κ1) is 14.3. The van der Waals surface area contributed by atoms with Gasteiger partial charge in [-0.25, -0.2) is 0 Å². The van der Waals surface area contributed by atoms with E-state index in [4.69, 9.17) is 11.0 Å². The Morgan fingerprint density at radius 2 is 2.11 bits per heavy atom. The third-order valence-corrected chi connectivity index (χ3v) is 2.56. The van der Waals surface area contributed by atoms with Gasteiger partial charge in [-0.3, -0.25) is 0 Å². The van der Waals surface area contributed by atoms with Crippen molar-refractivity contribution in [3.05, 3.63) is 23.8 Å². The lowest BCUT2D eigenvalue weighted by Gasteiger charge is -2.23. The number of nitrogen functional groups attached to an aromatic ring is 1. The Labute approximate surface area is 108 Å². The smallest absolute Gasteiger partial charge is 0.0992 e. The molecule has 0 amide bonds. The molecule has 0 aliphatic carbocycles. The lowest BCUT2D eigenvalue weighted by Crippen LogP contribution is -2.25. The van der Waals surface area contributed by atoms with Gasteiger partial charge in [0.2, 0.25) is 0 Å². The van der Waals surface area contributed by atoms with E-state index in [-0.39, 0.29) is 5.41 Å². The summed E-state index contributed by atoms with van der Waals surface area (Å²) in [7, 11) is 0. The zero-order chi connectivity index (χ0) is 13.8. The number of nitriles is 1. The second-order valence-corrected chi connectivity index (χ2v) is 5.71. The third kappa shape index (κ3) is 4.64. The highest BCUT2D eigenvalue weighted by atomic mass is 16.3. The molecule has 18 heavy (non-hydrogen) atoms. The van der Waals surface area contributed by atoms with Crippen molar-refractivity contribution in [2.75, 3.05) is 17.6 Å². The van der Waals surface area contributed by atoms with Crippen molar-refractivity contribution in [3.8, 4) is 6.07 Å². The van der Waals surface area contributed by atoms with Crippen LogP contribution in [0.4, 0.5) is 11.4 Å². The van der Waals surface area contributed by atoms with E-state index in [2.05, 4.69) is 32.2 Å². The molecule has 98 valence electrons. The molecular formula is C14H21N3O. The summed E-state index contributed by atoms with van der Waals surface area (Å²) in [6, 6.07) is 7.12. The van der Waals surface area contributed by atoms with Gasteiger partial charge in [0.05, 0.1) is 29.1 Å². The van der Waals surface area contributed by atoms with Crippen molar-refractivity contribution in [1.29, 1.82) is 5.26 Å². The van der Waals surface area contributed by atoms with E-state index in [0.29, 0.717) is 29.9 Å². The number of benzene rings is 1. The summed E-state index contributed by atoms with van der Waals surface area (Å²) >= 11 is 0. The molecule has 1 rings (SSSR count). The number of nitrogens with one attached hydrogen (secondary N) is 1. The standard InChI is InChI=1S/C14H21N3O/c1-14(2,3)7-11(18)9-17-13-6-10(8-15)4-5-12(13)16/h4-6,11,17-18H,7,9,16H2,1-3H3. The van der Waals surface area contributed by atoms with E-state index in [1.807, 2.05) is 0 Å². The number of hydrogen-bond acceptors (Lipinski definition) is 4. The number of nitrogens with two attached hydrogens (primary N) is 1. The first-order valence-corrected chi connectivity index (χ1v) is 6.03. The van der Waals surface area contributed by atoms with Gasteiger partial charge < -0.3 is 16.2 Å². The molecular weight excluding hydrogens is 226 g/mol. The molecule has 0 spiro atoms. The van der Waals surface area contributed by atoms with Gasteiger partial charge in [0.15, 0.2) is 0 Å². The van der Waals surface area contributed by atoms with Crippen LogP contribution in [0.5, 0.6) is 0 Å². The second kappa shape index (κ2) is 5.74. The molecule has 4 nitrogen and oxygen atoms in total. The maximum Gasteiger partial charge on any atom is 0.0992 e. The molecule has 0 bridgehead atoms. The zero-order valence-electron chi connectivity index (χ0n) is 11.2. The van der Waals surface area contributed by atoms with Gasteiger partial charge in [-0.05, 0) is 30.0 Å². The highest BCUT2D eigenvalue weighted by molar-refractivity contribution is 5.68. The topological polar surface area (TPSA) is 82.1 Å². The minimum absolute atomic E-state index is 0.0845. The van der Waals surface area contributed by atoms with Gasteiger partial charge in [0.25, 0.3) is 0 Å². The molecule has 1 aromatic carbocycles. The number of aliphatic hydroxyl groups excluding tert-OH is 1. The Morgan fingerprint density at radius 1 is 1.44 bits per heavy atom. The van der Waals surface area contributed by atoms with E-state index in [9.17, 15) is 5.11 Å². The summed E-state index contributed by atoms with van der Waals surface area (Å²) in [5.41, 5.74) is 7.72. The molecule has 0 saturated heterocycles. The van der Waals surface area contributed by atoms with Crippen molar-refractivity contribution in [2.45, 2.75) is 33.3 Å². The SMILES string of the molecule is CC(C)(C)CC(O)CNc1cc(C#N)ccc1N. The number of hydrogen-bond donors (Lipinski definition) is 3. The fourth-order valence-electron chi connectivity index (χ4n) is 1.79. The highest BCUT2D eigenvalue weighted by Crippen LogP contribution is 2.23. The van der Waals surface area contributed by atoms with Crippen LogP contribution in [0.3, 0.4) is 0 Å². The van der Waals surface area contributed by atoms with Gasteiger partial charge >= 0.3 is 0 Å². The van der Waals surface area contributed by atoms with Gasteiger partial charge in [-0.15, -0.1) is 0 Å². The summed E-state index contributed by atoms with van der Waals surface area (Å²) in [6.45, 7) is 6.68. The Bertz CT molecular complexity index is 443. The monoisotopic (exact) mass is 247 g/mol. The summed E-state index contributed by atoms with van der Waals surface area (Å²) in [5, 5.41) is 21.8. The van der Waals surface area contributed by atoms with E-state index in [1.54, 1.807) is 18.2 Å². The van der Waals surface area contributed by atoms with Gasteiger partial charge in [-0.1, -0.05) is 20.8 Å². The minimum Gasteiger partial charge on any atom is -0.397 e.